The van der Waals surface area contributed by atoms with E-state index in [-0.39, 0.29) is 0 Å². The van der Waals surface area contributed by atoms with Gasteiger partial charge in [-0.3, -0.25) is 0 Å². The van der Waals surface area contributed by atoms with E-state index in [0.29, 0.717) is 0 Å². The lowest BCUT2D eigenvalue weighted by molar-refractivity contribution is -0.142. The molecule has 2 rings (SSSR count). The molecule has 0 saturated heterocycles. The van der Waals surface area contributed by atoms with Crippen molar-refractivity contribution in [2.45, 2.75) is 12.5 Å². The molecular weight excluding hydrogens is 284 g/mol. The normalized spacial score (nSPS) is 23.7. The molecule has 0 fully saturated rings. The maximum absolute atomic E-state index is 11.2. The van der Waals surface area contributed by atoms with Crippen LogP contribution in [0.25, 0.3) is 5.70 Å². The van der Waals surface area contributed by atoms with Crippen LogP contribution < -0.4 is 5.43 Å². The van der Waals surface area contributed by atoms with Gasteiger partial charge in [0.25, 0.3) is 0 Å². The summed E-state index contributed by atoms with van der Waals surface area (Å²) in [4.78, 5) is 11.2. The van der Waals surface area contributed by atoms with Crippen molar-refractivity contribution in [3.05, 3.63) is 40.4 Å². The van der Waals surface area contributed by atoms with E-state index in [1.165, 1.54) is 0 Å². The second-order valence-electron chi connectivity index (χ2n) is 4.21. The maximum Gasteiger partial charge on any atom is 0.329 e. The Morgan fingerprint density at radius 3 is 2.47 bits per heavy atom. The Labute approximate surface area is 108 Å². The molecule has 0 amide bonds. The minimum atomic E-state index is -1.04. The first-order chi connectivity index (χ1) is 7.92. The summed E-state index contributed by atoms with van der Waals surface area (Å²) in [5, 5.41) is 10.9. The number of aliphatic carboxylic acids is 1. The molecule has 1 aromatic rings. The number of hydrazine groups is 1. The highest BCUT2D eigenvalue weighted by Crippen LogP contribution is 2.28. The highest BCUT2D eigenvalue weighted by molar-refractivity contribution is 9.10. The minimum absolute atomic E-state index is 0.863. The number of carboxylic acid groups (broad SMARTS) is 1. The topological polar surface area (TPSA) is 52.6 Å². The Morgan fingerprint density at radius 1 is 1.41 bits per heavy atom. The van der Waals surface area contributed by atoms with Gasteiger partial charge in [0.1, 0.15) is 0 Å². The number of nitrogens with one attached hydrogen (secondary N) is 1. The van der Waals surface area contributed by atoms with Crippen molar-refractivity contribution in [3.8, 4) is 0 Å². The largest absolute Gasteiger partial charge is 0.480 e. The van der Waals surface area contributed by atoms with E-state index in [2.05, 4.69) is 21.4 Å². The van der Waals surface area contributed by atoms with Gasteiger partial charge in [-0.05, 0) is 30.7 Å². The van der Waals surface area contributed by atoms with Gasteiger partial charge < -0.3 is 10.1 Å². The summed E-state index contributed by atoms with van der Waals surface area (Å²) in [7, 11) is 1.81. The van der Waals surface area contributed by atoms with Gasteiger partial charge in [0.2, 0.25) is 0 Å². The molecule has 17 heavy (non-hydrogen) atoms. The van der Waals surface area contributed by atoms with E-state index in [0.717, 1.165) is 15.7 Å². The average molecular weight is 297 g/mol. The van der Waals surface area contributed by atoms with Crippen LogP contribution in [0.1, 0.15) is 12.5 Å². The molecule has 4 nitrogen and oxygen atoms in total. The smallest absolute Gasteiger partial charge is 0.329 e. The minimum Gasteiger partial charge on any atom is -0.480 e. The molecule has 0 radical (unpaired) electrons. The summed E-state index contributed by atoms with van der Waals surface area (Å²) in [6.07, 6.45) is 1.72. The Kier molecular flexibility index (Phi) is 2.97. The summed E-state index contributed by atoms with van der Waals surface area (Å²) in [5.41, 5.74) is 3.72. The Bertz CT molecular complexity index is 484. The summed E-state index contributed by atoms with van der Waals surface area (Å²) in [6.45, 7) is 1.64. The first-order valence-electron chi connectivity index (χ1n) is 5.16. The van der Waals surface area contributed by atoms with Gasteiger partial charge >= 0.3 is 5.97 Å². The lowest BCUT2D eigenvalue weighted by atomic mass is 10.0. The van der Waals surface area contributed by atoms with Crippen LogP contribution in [-0.2, 0) is 4.79 Å². The Hall–Kier alpha value is -1.33. The molecule has 90 valence electrons. The van der Waals surface area contributed by atoms with Gasteiger partial charge in [-0.1, -0.05) is 28.1 Å². The standard InChI is InChI=1S/C12H13BrN2O2/c1-12(11(16)17)7-10(15(2)14-12)8-3-5-9(13)6-4-8/h3-7,14H,1-2H3,(H,16,17). The van der Waals surface area contributed by atoms with Crippen LogP contribution in [-0.4, -0.2) is 28.7 Å². The highest BCUT2D eigenvalue weighted by Gasteiger charge is 2.38. The first kappa shape index (κ1) is 12.1. The molecule has 1 unspecified atom stereocenters. The number of halogens is 1. The van der Waals surface area contributed by atoms with E-state index in [9.17, 15) is 4.79 Å². The molecule has 1 aliphatic rings. The van der Waals surface area contributed by atoms with E-state index >= 15 is 0 Å². The van der Waals surface area contributed by atoms with Gasteiger partial charge in [0.15, 0.2) is 5.54 Å². The van der Waals surface area contributed by atoms with E-state index in [4.69, 9.17) is 5.11 Å². The molecule has 1 aromatic carbocycles. The first-order valence-corrected chi connectivity index (χ1v) is 5.95. The fraction of sp³-hybridized carbons (Fsp3) is 0.250. The number of benzene rings is 1. The quantitative estimate of drug-likeness (QED) is 0.877. The zero-order chi connectivity index (χ0) is 12.6. The van der Waals surface area contributed by atoms with Gasteiger partial charge in [-0.15, -0.1) is 0 Å². The number of carboxylic acids is 1. The molecule has 1 atom stereocenters. The number of carbonyl (C=O) groups is 1. The molecule has 0 aliphatic carbocycles. The number of nitrogens with zero attached hydrogens (tertiary/aromatic N) is 1. The third kappa shape index (κ3) is 2.21. The van der Waals surface area contributed by atoms with Crippen molar-refractivity contribution in [3.63, 3.8) is 0 Å². The zero-order valence-corrected chi connectivity index (χ0v) is 11.2. The van der Waals surface area contributed by atoms with Crippen molar-refractivity contribution < 1.29 is 9.90 Å². The predicted octanol–water partition coefficient (Wildman–Crippen LogP) is 2.08. The fourth-order valence-electron chi connectivity index (χ4n) is 1.82. The van der Waals surface area contributed by atoms with Crippen molar-refractivity contribution in [2.75, 3.05) is 7.05 Å². The molecule has 5 heteroatoms. The molecule has 0 bridgehead atoms. The zero-order valence-electron chi connectivity index (χ0n) is 9.57. The molecular formula is C12H13BrN2O2. The van der Waals surface area contributed by atoms with Gasteiger partial charge in [-0.2, -0.15) is 0 Å². The van der Waals surface area contributed by atoms with Crippen LogP contribution in [0, 0.1) is 0 Å². The highest BCUT2D eigenvalue weighted by atomic mass is 79.9. The van der Waals surface area contributed by atoms with Gasteiger partial charge in [0, 0.05) is 11.5 Å². The van der Waals surface area contributed by atoms with Gasteiger partial charge in [0.05, 0.1) is 5.70 Å². The molecule has 0 saturated carbocycles. The third-order valence-corrected chi connectivity index (χ3v) is 3.30. The molecule has 2 N–H and O–H groups in total. The molecule has 0 aromatic heterocycles. The fourth-order valence-corrected chi connectivity index (χ4v) is 2.08. The van der Waals surface area contributed by atoms with Crippen LogP contribution >= 0.6 is 15.9 Å². The van der Waals surface area contributed by atoms with Crippen LogP contribution in [0.5, 0.6) is 0 Å². The molecule has 0 spiro atoms. The van der Waals surface area contributed by atoms with E-state index in [1.807, 2.05) is 31.3 Å². The van der Waals surface area contributed by atoms with Crippen molar-refractivity contribution in [2.24, 2.45) is 0 Å². The maximum atomic E-state index is 11.2. The van der Waals surface area contributed by atoms with Crippen LogP contribution in [0.15, 0.2) is 34.8 Å². The number of rotatable bonds is 2. The van der Waals surface area contributed by atoms with Crippen LogP contribution in [0.4, 0.5) is 0 Å². The monoisotopic (exact) mass is 296 g/mol. The summed E-state index contributed by atoms with van der Waals surface area (Å²) >= 11 is 3.37. The Balaban J connectivity index is 2.39. The molecule has 1 aliphatic heterocycles. The number of hydrogen-bond donors (Lipinski definition) is 2. The second-order valence-corrected chi connectivity index (χ2v) is 5.13. The van der Waals surface area contributed by atoms with Crippen molar-refractivity contribution in [1.29, 1.82) is 0 Å². The summed E-state index contributed by atoms with van der Waals surface area (Å²) in [5.74, 6) is -0.892. The van der Waals surface area contributed by atoms with Crippen molar-refractivity contribution >= 4 is 27.6 Å². The lowest BCUT2D eigenvalue weighted by Gasteiger charge is -2.22. The van der Waals surface area contributed by atoms with E-state index < -0.39 is 11.5 Å². The lowest BCUT2D eigenvalue weighted by Crippen LogP contribution is -2.48. The predicted molar refractivity (Wildman–Crippen MR) is 69.1 cm³/mol. The number of hydrogen-bond acceptors (Lipinski definition) is 3. The van der Waals surface area contributed by atoms with E-state index in [1.54, 1.807) is 18.0 Å². The SMILES string of the molecule is CN1NC(C)(C(=O)O)C=C1c1ccc(Br)cc1. The van der Waals surface area contributed by atoms with Gasteiger partial charge in [-0.25, -0.2) is 10.2 Å². The summed E-state index contributed by atoms with van der Waals surface area (Å²) in [6, 6.07) is 7.75. The average Bonchev–Trinajstić information content (AvgIpc) is 2.57. The second kappa shape index (κ2) is 4.16. The van der Waals surface area contributed by atoms with Crippen molar-refractivity contribution in [1.82, 2.24) is 10.4 Å². The summed E-state index contributed by atoms with van der Waals surface area (Å²) < 4.78 is 0.997. The Morgan fingerprint density at radius 2 is 2.00 bits per heavy atom. The van der Waals surface area contributed by atoms with Crippen LogP contribution in [0.2, 0.25) is 0 Å². The molecule has 1 heterocycles. The van der Waals surface area contributed by atoms with Crippen LogP contribution in [0.3, 0.4) is 0 Å². The third-order valence-electron chi connectivity index (χ3n) is 2.77.